The van der Waals surface area contributed by atoms with Gasteiger partial charge in [-0.05, 0) is 130 Å². The lowest BCUT2D eigenvalue weighted by Gasteiger charge is -2.31. The summed E-state index contributed by atoms with van der Waals surface area (Å²) in [6, 6.07) is 91.3. The maximum absolute atomic E-state index is 2.49. The molecule has 0 saturated carbocycles. The molecule has 63 heavy (non-hydrogen) atoms. The van der Waals surface area contributed by atoms with E-state index in [9.17, 15) is 0 Å². The molecular formula is C62H41N. The van der Waals surface area contributed by atoms with Crippen LogP contribution in [0.4, 0.5) is 17.1 Å². The van der Waals surface area contributed by atoms with E-state index in [1.807, 2.05) is 0 Å². The molecule has 294 valence electrons. The molecule has 0 heterocycles. The van der Waals surface area contributed by atoms with Crippen LogP contribution in [0.3, 0.4) is 0 Å². The number of rotatable bonds is 7. The van der Waals surface area contributed by atoms with Crippen LogP contribution in [-0.4, -0.2) is 0 Å². The largest absolute Gasteiger partial charge is 0.309 e. The summed E-state index contributed by atoms with van der Waals surface area (Å²) in [6.07, 6.45) is 0. The molecule has 1 heteroatoms. The van der Waals surface area contributed by atoms with Crippen LogP contribution in [0.25, 0.3) is 98.4 Å². The Labute approximate surface area is 367 Å². The lowest BCUT2D eigenvalue weighted by Crippen LogP contribution is -2.12. The number of hydrogen-bond acceptors (Lipinski definition) is 1. The zero-order chi connectivity index (χ0) is 41.7. The average molecular weight is 800 g/mol. The first-order valence-electron chi connectivity index (χ1n) is 21.8. The van der Waals surface area contributed by atoms with Gasteiger partial charge in [0.05, 0.1) is 11.4 Å². The maximum atomic E-state index is 2.49. The van der Waals surface area contributed by atoms with E-state index in [2.05, 4.69) is 254 Å². The average Bonchev–Trinajstić information content (AvgIpc) is 3.36. The van der Waals surface area contributed by atoms with Crippen molar-refractivity contribution in [3.8, 4) is 44.5 Å². The van der Waals surface area contributed by atoms with Gasteiger partial charge in [-0.15, -0.1) is 0 Å². The van der Waals surface area contributed by atoms with Crippen LogP contribution in [0.1, 0.15) is 0 Å². The van der Waals surface area contributed by atoms with E-state index in [4.69, 9.17) is 0 Å². The van der Waals surface area contributed by atoms with Crippen molar-refractivity contribution in [3.05, 3.63) is 249 Å². The molecule has 0 spiro atoms. The summed E-state index contributed by atoms with van der Waals surface area (Å²) >= 11 is 0. The van der Waals surface area contributed by atoms with Crippen LogP contribution < -0.4 is 4.90 Å². The van der Waals surface area contributed by atoms with Gasteiger partial charge in [0, 0.05) is 16.6 Å². The topological polar surface area (TPSA) is 3.24 Å². The molecule has 0 bridgehead atoms. The third-order valence-electron chi connectivity index (χ3n) is 12.8. The summed E-state index contributed by atoms with van der Waals surface area (Å²) in [6.45, 7) is 0. The minimum absolute atomic E-state index is 1.08. The molecule has 1 nitrogen and oxygen atoms in total. The van der Waals surface area contributed by atoms with Gasteiger partial charge in [-0.25, -0.2) is 0 Å². The van der Waals surface area contributed by atoms with Gasteiger partial charge in [0.2, 0.25) is 0 Å². The highest BCUT2D eigenvalue weighted by atomic mass is 15.1. The maximum Gasteiger partial charge on any atom is 0.0546 e. The van der Waals surface area contributed by atoms with Gasteiger partial charge in [-0.1, -0.05) is 206 Å². The van der Waals surface area contributed by atoms with Crippen molar-refractivity contribution in [1.82, 2.24) is 0 Å². The van der Waals surface area contributed by atoms with E-state index in [0.717, 1.165) is 28.2 Å². The molecule has 12 aromatic carbocycles. The fourth-order valence-electron chi connectivity index (χ4n) is 9.87. The molecule has 0 aromatic heterocycles. The fraction of sp³-hybridized carbons (Fsp3) is 0. The second kappa shape index (κ2) is 15.3. The molecule has 0 atom stereocenters. The van der Waals surface area contributed by atoms with Crippen LogP contribution in [0, 0.1) is 0 Å². The van der Waals surface area contributed by atoms with E-state index in [1.54, 1.807) is 0 Å². The van der Waals surface area contributed by atoms with Crippen molar-refractivity contribution in [1.29, 1.82) is 0 Å². The fourth-order valence-corrected chi connectivity index (χ4v) is 9.87. The molecule has 0 N–H and O–H groups in total. The molecule has 0 radical (unpaired) electrons. The summed E-state index contributed by atoms with van der Waals surface area (Å²) in [5.74, 6) is 0. The highest BCUT2D eigenvalue weighted by Gasteiger charge is 2.24. The van der Waals surface area contributed by atoms with Crippen molar-refractivity contribution in [2.75, 3.05) is 4.90 Å². The Kier molecular flexibility index (Phi) is 8.90. The predicted molar refractivity (Wildman–Crippen MR) is 270 cm³/mol. The molecule has 0 aliphatic heterocycles. The SMILES string of the molecule is c1ccc(-c2cc(N(c3ccc(-c4cc5ccccc5c5ccccc45)cc3)c3cccc4ccccc34)c(-c3ccccc3)cc2-c2cc3ccccc3c3ccccc23)cc1. The minimum Gasteiger partial charge on any atom is -0.309 e. The minimum atomic E-state index is 1.08. The van der Waals surface area contributed by atoms with Gasteiger partial charge in [0.15, 0.2) is 0 Å². The number of hydrogen-bond donors (Lipinski definition) is 0. The molecule has 0 saturated heterocycles. The lowest BCUT2D eigenvalue weighted by atomic mass is 9.86. The summed E-state index contributed by atoms with van der Waals surface area (Å²) in [5.41, 5.74) is 12.8. The first kappa shape index (κ1) is 36.6. The van der Waals surface area contributed by atoms with Crippen LogP contribution in [0.5, 0.6) is 0 Å². The van der Waals surface area contributed by atoms with Crippen molar-refractivity contribution in [2.45, 2.75) is 0 Å². The molecule has 12 aromatic rings. The first-order chi connectivity index (χ1) is 31.3. The quantitative estimate of drug-likeness (QED) is 0.145. The Morgan fingerprint density at radius 2 is 0.651 bits per heavy atom. The van der Waals surface area contributed by atoms with Crippen molar-refractivity contribution < 1.29 is 0 Å². The Morgan fingerprint density at radius 1 is 0.206 bits per heavy atom. The summed E-state index contributed by atoms with van der Waals surface area (Å²) in [4.78, 5) is 2.49. The summed E-state index contributed by atoms with van der Waals surface area (Å²) in [7, 11) is 0. The van der Waals surface area contributed by atoms with Crippen molar-refractivity contribution in [2.24, 2.45) is 0 Å². The normalized spacial score (nSPS) is 11.5. The number of benzene rings is 12. The summed E-state index contributed by atoms with van der Waals surface area (Å²) < 4.78 is 0. The van der Waals surface area contributed by atoms with Gasteiger partial charge < -0.3 is 4.90 Å². The highest BCUT2D eigenvalue weighted by Crippen LogP contribution is 2.50. The Hall–Kier alpha value is -8.26. The van der Waals surface area contributed by atoms with Crippen molar-refractivity contribution in [3.63, 3.8) is 0 Å². The Morgan fingerprint density at radius 3 is 1.27 bits per heavy atom. The third-order valence-corrected chi connectivity index (χ3v) is 12.8. The van der Waals surface area contributed by atoms with Gasteiger partial charge in [-0.3, -0.25) is 0 Å². The van der Waals surface area contributed by atoms with E-state index in [1.165, 1.54) is 87.2 Å². The number of nitrogens with zero attached hydrogens (tertiary/aromatic N) is 1. The Bertz CT molecular complexity index is 3660. The smallest absolute Gasteiger partial charge is 0.0546 e. The van der Waals surface area contributed by atoms with E-state index >= 15 is 0 Å². The number of fused-ring (bicyclic) bond motifs is 7. The molecule has 0 fully saturated rings. The number of anilines is 3. The molecule has 0 unspecified atom stereocenters. The monoisotopic (exact) mass is 799 g/mol. The molecule has 12 rings (SSSR count). The van der Waals surface area contributed by atoms with E-state index in [-0.39, 0.29) is 0 Å². The predicted octanol–water partition coefficient (Wildman–Crippen LogP) is 17.6. The highest BCUT2D eigenvalue weighted by molar-refractivity contribution is 6.16. The zero-order valence-corrected chi connectivity index (χ0v) is 34.6. The van der Waals surface area contributed by atoms with Gasteiger partial charge in [0.1, 0.15) is 0 Å². The van der Waals surface area contributed by atoms with Crippen LogP contribution in [0.2, 0.25) is 0 Å². The van der Waals surface area contributed by atoms with Crippen LogP contribution in [0.15, 0.2) is 249 Å². The molecular weight excluding hydrogens is 759 g/mol. The zero-order valence-electron chi connectivity index (χ0n) is 34.6. The van der Waals surface area contributed by atoms with E-state index < -0.39 is 0 Å². The lowest BCUT2D eigenvalue weighted by molar-refractivity contribution is 1.30. The molecule has 0 amide bonds. The standard InChI is InChI=1S/C62H41N/c1-3-18-43(19-4-1)57-41-62(58(44-20-5-2-6-21-44)40-60(57)59-39-47-24-9-11-27-50(47)53-30-14-16-32-55(53)59)63(61-33-17-25-42-22-7-12-28-51(42)61)48-36-34-45(35-37-48)56-38-46-23-8-10-26-49(46)52-29-13-15-31-54(52)56/h1-41H. The van der Waals surface area contributed by atoms with Gasteiger partial charge in [-0.2, -0.15) is 0 Å². The summed E-state index contributed by atoms with van der Waals surface area (Å²) in [5, 5.41) is 12.4. The van der Waals surface area contributed by atoms with Crippen LogP contribution in [-0.2, 0) is 0 Å². The molecule has 0 aliphatic rings. The van der Waals surface area contributed by atoms with E-state index in [0.29, 0.717) is 0 Å². The second-order valence-corrected chi connectivity index (χ2v) is 16.4. The first-order valence-corrected chi connectivity index (χ1v) is 21.8. The van der Waals surface area contributed by atoms with Gasteiger partial charge in [0.25, 0.3) is 0 Å². The van der Waals surface area contributed by atoms with Crippen molar-refractivity contribution >= 4 is 70.9 Å². The van der Waals surface area contributed by atoms with Gasteiger partial charge >= 0.3 is 0 Å². The third kappa shape index (κ3) is 6.33. The second-order valence-electron chi connectivity index (χ2n) is 16.4. The van der Waals surface area contributed by atoms with Crippen LogP contribution >= 0.6 is 0 Å². The Balaban J connectivity index is 1.15. The molecule has 0 aliphatic carbocycles.